The van der Waals surface area contributed by atoms with Gasteiger partial charge in [0.2, 0.25) is 0 Å². The first-order valence-corrected chi connectivity index (χ1v) is 5.33. The molecule has 0 aliphatic carbocycles. The van der Waals surface area contributed by atoms with E-state index in [1.54, 1.807) is 6.20 Å². The molecule has 1 heterocycles. The maximum atomic E-state index is 4.21. The maximum absolute atomic E-state index is 4.21. The van der Waals surface area contributed by atoms with Gasteiger partial charge in [0, 0.05) is 18.8 Å². The molecule has 0 saturated heterocycles. The Hall–Kier alpha value is -1.57. The molecule has 0 bridgehead atoms. The molecule has 0 unspecified atom stereocenters. The third kappa shape index (κ3) is 2.46. The van der Waals surface area contributed by atoms with E-state index in [1.807, 2.05) is 6.20 Å². The molecular formula is C13H16N2. The van der Waals surface area contributed by atoms with Crippen molar-refractivity contribution in [3.8, 4) is 0 Å². The predicted octanol–water partition coefficient (Wildman–Crippen LogP) is 3.12. The third-order valence-electron chi connectivity index (χ3n) is 2.57. The SMILES string of the molecule is CC(C)c1ccc(Cc2ncc[nH]2)cc1. The Morgan fingerprint density at radius 3 is 2.47 bits per heavy atom. The van der Waals surface area contributed by atoms with Crippen LogP contribution in [0.2, 0.25) is 0 Å². The fourth-order valence-electron chi connectivity index (χ4n) is 1.61. The lowest BCUT2D eigenvalue weighted by Crippen LogP contribution is -1.92. The van der Waals surface area contributed by atoms with Gasteiger partial charge in [-0.3, -0.25) is 0 Å². The summed E-state index contributed by atoms with van der Waals surface area (Å²) in [4.78, 5) is 7.33. The summed E-state index contributed by atoms with van der Waals surface area (Å²) >= 11 is 0. The van der Waals surface area contributed by atoms with Crippen LogP contribution in [0.15, 0.2) is 36.7 Å². The van der Waals surface area contributed by atoms with Crippen molar-refractivity contribution >= 4 is 0 Å². The van der Waals surface area contributed by atoms with Gasteiger partial charge in [0.25, 0.3) is 0 Å². The minimum atomic E-state index is 0.600. The topological polar surface area (TPSA) is 28.7 Å². The van der Waals surface area contributed by atoms with E-state index in [4.69, 9.17) is 0 Å². The second kappa shape index (κ2) is 4.30. The van der Waals surface area contributed by atoms with E-state index in [-0.39, 0.29) is 0 Å². The monoisotopic (exact) mass is 200 g/mol. The van der Waals surface area contributed by atoms with Gasteiger partial charge in [-0.25, -0.2) is 4.98 Å². The Morgan fingerprint density at radius 2 is 1.93 bits per heavy atom. The zero-order valence-corrected chi connectivity index (χ0v) is 9.20. The molecule has 0 atom stereocenters. The molecule has 2 heteroatoms. The van der Waals surface area contributed by atoms with Crippen LogP contribution in [-0.2, 0) is 6.42 Å². The Balaban J connectivity index is 2.11. The van der Waals surface area contributed by atoms with Crippen molar-refractivity contribution in [1.29, 1.82) is 0 Å². The number of nitrogens with zero attached hydrogens (tertiary/aromatic N) is 1. The average molecular weight is 200 g/mol. The van der Waals surface area contributed by atoms with E-state index in [2.05, 4.69) is 48.1 Å². The van der Waals surface area contributed by atoms with Crippen molar-refractivity contribution in [1.82, 2.24) is 9.97 Å². The number of benzene rings is 1. The van der Waals surface area contributed by atoms with Crippen molar-refractivity contribution < 1.29 is 0 Å². The molecule has 0 spiro atoms. The van der Waals surface area contributed by atoms with Crippen molar-refractivity contribution in [2.75, 3.05) is 0 Å². The number of nitrogens with one attached hydrogen (secondary N) is 1. The van der Waals surface area contributed by atoms with Gasteiger partial charge in [-0.15, -0.1) is 0 Å². The van der Waals surface area contributed by atoms with Gasteiger partial charge in [0.1, 0.15) is 5.82 Å². The molecule has 78 valence electrons. The van der Waals surface area contributed by atoms with Crippen LogP contribution in [0.5, 0.6) is 0 Å². The summed E-state index contributed by atoms with van der Waals surface area (Å²) in [6, 6.07) is 8.75. The van der Waals surface area contributed by atoms with Crippen LogP contribution >= 0.6 is 0 Å². The van der Waals surface area contributed by atoms with E-state index < -0.39 is 0 Å². The third-order valence-corrected chi connectivity index (χ3v) is 2.57. The predicted molar refractivity (Wildman–Crippen MR) is 61.9 cm³/mol. The van der Waals surface area contributed by atoms with Crippen LogP contribution in [0.4, 0.5) is 0 Å². The summed E-state index contributed by atoms with van der Waals surface area (Å²) in [6.07, 6.45) is 4.53. The molecule has 2 rings (SSSR count). The summed E-state index contributed by atoms with van der Waals surface area (Å²) in [7, 11) is 0. The number of rotatable bonds is 3. The summed E-state index contributed by atoms with van der Waals surface area (Å²) in [5, 5.41) is 0. The number of imidazole rings is 1. The summed E-state index contributed by atoms with van der Waals surface area (Å²) < 4.78 is 0. The van der Waals surface area contributed by atoms with E-state index >= 15 is 0 Å². The van der Waals surface area contributed by atoms with Gasteiger partial charge in [-0.2, -0.15) is 0 Å². The van der Waals surface area contributed by atoms with Gasteiger partial charge in [0.05, 0.1) is 0 Å². The summed E-state index contributed by atoms with van der Waals surface area (Å²) in [6.45, 7) is 4.42. The minimum Gasteiger partial charge on any atom is -0.348 e. The van der Waals surface area contributed by atoms with E-state index in [1.165, 1.54) is 11.1 Å². The molecule has 2 nitrogen and oxygen atoms in total. The van der Waals surface area contributed by atoms with Crippen molar-refractivity contribution in [3.05, 3.63) is 53.6 Å². The molecule has 0 saturated carbocycles. The van der Waals surface area contributed by atoms with Gasteiger partial charge in [-0.05, 0) is 17.0 Å². The highest BCUT2D eigenvalue weighted by Crippen LogP contribution is 2.15. The highest BCUT2D eigenvalue weighted by Gasteiger charge is 2.00. The maximum Gasteiger partial charge on any atom is 0.110 e. The molecule has 0 amide bonds. The molecule has 1 N–H and O–H groups in total. The highest BCUT2D eigenvalue weighted by atomic mass is 14.9. The summed E-state index contributed by atoms with van der Waals surface area (Å²) in [5.74, 6) is 1.62. The molecule has 0 aliphatic rings. The number of aromatic nitrogens is 2. The summed E-state index contributed by atoms with van der Waals surface area (Å²) in [5.41, 5.74) is 2.69. The standard InChI is InChI=1S/C13H16N2/c1-10(2)12-5-3-11(4-6-12)9-13-14-7-8-15-13/h3-8,10H,9H2,1-2H3,(H,14,15). The molecular weight excluding hydrogens is 184 g/mol. The lowest BCUT2D eigenvalue weighted by atomic mass is 10.0. The Bertz CT molecular complexity index is 399. The lowest BCUT2D eigenvalue weighted by Gasteiger charge is -2.05. The van der Waals surface area contributed by atoms with Crippen molar-refractivity contribution in [2.24, 2.45) is 0 Å². The Kier molecular flexibility index (Phi) is 2.86. The van der Waals surface area contributed by atoms with E-state index in [0.29, 0.717) is 5.92 Å². The van der Waals surface area contributed by atoms with Crippen LogP contribution in [0.25, 0.3) is 0 Å². The van der Waals surface area contributed by atoms with Gasteiger partial charge >= 0.3 is 0 Å². The number of H-pyrrole nitrogens is 1. The second-order valence-corrected chi connectivity index (χ2v) is 4.11. The lowest BCUT2D eigenvalue weighted by molar-refractivity contribution is 0.864. The Morgan fingerprint density at radius 1 is 1.20 bits per heavy atom. The first-order chi connectivity index (χ1) is 7.25. The zero-order chi connectivity index (χ0) is 10.7. The van der Waals surface area contributed by atoms with Crippen LogP contribution in [0, 0.1) is 0 Å². The zero-order valence-electron chi connectivity index (χ0n) is 9.20. The fourth-order valence-corrected chi connectivity index (χ4v) is 1.61. The molecule has 15 heavy (non-hydrogen) atoms. The van der Waals surface area contributed by atoms with Gasteiger partial charge < -0.3 is 4.98 Å². The van der Waals surface area contributed by atoms with E-state index in [0.717, 1.165) is 12.2 Å². The second-order valence-electron chi connectivity index (χ2n) is 4.11. The van der Waals surface area contributed by atoms with Gasteiger partial charge in [-0.1, -0.05) is 38.1 Å². The number of hydrogen-bond donors (Lipinski definition) is 1. The van der Waals surface area contributed by atoms with Crippen LogP contribution in [-0.4, -0.2) is 9.97 Å². The normalized spacial score (nSPS) is 10.9. The molecule has 0 radical (unpaired) electrons. The van der Waals surface area contributed by atoms with Crippen LogP contribution in [0.3, 0.4) is 0 Å². The minimum absolute atomic E-state index is 0.600. The number of hydrogen-bond acceptors (Lipinski definition) is 1. The molecule has 1 aromatic heterocycles. The first kappa shape index (κ1) is 9.97. The van der Waals surface area contributed by atoms with Crippen LogP contribution < -0.4 is 0 Å². The molecule has 1 aromatic carbocycles. The largest absolute Gasteiger partial charge is 0.348 e. The Labute approximate surface area is 90.4 Å². The van der Waals surface area contributed by atoms with E-state index in [9.17, 15) is 0 Å². The molecule has 0 fully saturated rings. The smallest absolute Gasteiger partial charge is 0.110 e. The van der Waals surface area contributed by atoms with Gasteiger partial charge in [0.15, 0.2) is 0 Å². The fraction of sp³-hybridized carbons (Fsp3) is 0.308. The van der Waals surface area contributed by atoms with Crippen molar-refractivity contribution in [3.63, 3.8) is 0 Å². The quantitative estimate of drug-likeness (QED) is 0.810. The first-order valence-electron chi connectivity index (χ1n) is 5.33. The molecule has 2 aromatic rings. The van der Waals surface area contributed by atoms with Crippen molar-refractivity contribution in [2.45, 2.75) is 26.2 Å². The van der Waals surface area contributed by atoms with Crippen LogP contribution in [0.1, 0.15) is 36.7 Å². The molecule has 0 aliphatic heterocycles. The average Bonchev–Trinajstić information content (AvgIpc) is 2.71. The highest BCUT2D eigenvalue weighted by molar-refractivity contribution is 5.26. The number of aromatic amines is 1.